The molecule has 3 N–H and O–H groups in total. The van der Waals surface area contributed by atoms with Gasteiger partial charge in [-0.1, -0.05) is 12.1 Å². The second kappa shape index (κ2) is 7.08. The van der Waals surface area contributed by atoms with E-state index in [1.807, 2.05) is 6.07 Å². The Balaban J connectivity index is 1.86. The fourth-order valence-corrected chi connectivity index (χ4v) is 1.97. The van der Waals surface area contributed by atoms with Gasteiger partial charge in [0.2, 0.25) is 0 Å². The Bertz CT molecular complexity index is 419. The molecule has 6 nitrogen and oxygen atoms in total. The molecule has 1 fully saturated rings. The molecule has 0 radical (unpaired) electrons. The van der Waals surface area contributed by atoms with E-state index in [1.54, 1.807) is 18.2 Å². The lowest BCUT2D eigenvalue weighted by molar-refractivity contribution is 0.0322. The number of morpholine rings is 1. The number of hydrogen-bond donors (Lipinski definition) is 2. The van der Waals surface area contributed by atoms with Crippen molar-refractivity contribution < 1.29 is 14.3 Å². The van der Waals surface area contributed by atoms with Crippen molar-refractivity contribution in [2.75, 3.05) is 39.5 Å². The van der Waals surface area contributed by atoms with Gasteiger partial charge in [-0.15, -0.1) is 0 Å². The molecule has 1 aromatic carbocycles. The van der Waals surface area contributed by atoms with E-state index in [0.29, 0.717) is 17.9 Å². The summed E-state index contributed by atoms with van der Waals surface area (Å²) in [5, 5.41) is 0. The molecule has 0 aliphatic carbocycles. The Morgan fingerprint density at radius 1 is 1.37 bits per heavy atom. The van der Waals surface area contributed by atoms with Gasteiger partial charge in [0.05, 0.1) is 18.8 Å². The van der Waals surface area contributed by atoms with Crippen LogP contribution in [-0.2, 0) is 4.74 Å². The summed E-state index contributed by atoms with van der Waals surface area (Å²) < 4.78 is 10.9. The lowest BCUT2D eigenvalue weighted by atomic mass is 10.2. The van der Waals surface area contributed by atoms with Crippen molar-refractivity contribution >= 4 is 5.91 Å². The number of nitrogens with zero attached hydrogens (tertiary/aromatic N) is 1. The molecule has 0 aromatic heterocycles. The highest BCUT2D eigenvalue weighted by Crippen LogP contribution is 2.17. The number of benzene rings is 1. The van der Waals surface area contributed by atoms with Crippen LogP contribution in [-0.4, -0.2) is 50.3 Å². The topological polar surface area (TPSA) is 76.8 Å². The van der Waals surface area contributed by atoms with Crippen molar-refractivity contribution in [1.82, 2.24) is 10.3 Å². The molecule has 0 atom stereocenters. The molecule has 2 rings (SSSR count). The molecule has 104 valence electrons. The maximum absolute atomic E-state index is 11.6. The van der Waals surface area contributed by atoms with Crippen molar-refractivity contribution in [3.8, 4) is 5.75 Å². The van der Waals surface area contributed by atoms with Crippen molar-refractivity contribution in [3.05, 3.63) is 29.8 Å². The summed E-state index contributed by atoms with van der Waals surface area (Å²) in [7, 11) is 0. The minimum absolute atomic E-state index is 0.345. The molecule has 1 aliphatic rings. The first-order valence-corrected chi connectivity index (χ1v) is 6.34. The normalized spacial score (nSPS) is 16.1. The fraction of sp³-hybridized carbons (Fsp3) is 0.462. The van der Waals surface area contributed by atoms with Gasteiger partial charge in [0.15, 0.2) is 0 Å². The number of amides is 1. The Morgan fingerprint density at radius 2 is 2.11 bits per heavy atom. The van der Waals surface area contributed by atoms with Crippen LogP contribution >= 0.6 is 0 Å². The Hall–Kier alpha value is -1.63. The predicted molar refractivity (Wildman–Crippen MR) is 70.8 cm³/mol. The van der Waals surface area contributed by atoms with Gasteiger partial charge in [0.25, 0.3) is 5.91 Å². The van der Waals surface area contributed by atoms with Crippen molar-refractivity contribution in [2.24, 2.45) is 5.84 Å². The molecular formula is C13H19N3O3. The van der Waals surface area contributed by atoms with E-state index in [1.165, 1.54) is 0 Å². The van der Waals surface area contributed by atoms with Gasteiger partial charge in [-0.2, -0.15) is 0 Å². The van der Waals surface area contributed by atoms with Crippen LogP contribution < -0.4 is 16.0 Å². The quantitative estimate of drug-likeness (QED) is 0.445. The average Bonchev–Trinajstić information content (AvgIpc) is 2.48. The minimum Gasteiger partial charge on any atom is -0.491 e. The highest BCUT2D eigenvalue weighted by atomic mass is 16.5. The highest BCUT2D eigenvalue weighted by molar-refractivity contribution is 5.96. The molecule has 1 aromatic rings. The largest absolute Gasteiger partial charge is 0.491 e. The first-order valence-electron chi connectivity index (χ1n) is 6.34. The summed E-state index contributed by atoms with van der Waals surface area (Å²) in [4.78, 5) is 13.8. The summed E-state index contributed by atoms with van der Waals surface area (Å²) in [5.41, 5.74) is 2.57. The van der Waals surface area contributed by atoms with Crippen LogP contribution in [0, 0.1) is 0 Å². The third-order valence-electron chi connectivity index (χ3n) is 3.03. The zero-order chi connectivity index (χ0) is 13.5. The Labute approximate surface area is 112 Å². The molecule has 0 saturated carbocycles. The van der Waals surface area contributed by atoms with Gasteiger partial charge in [-0.25, -0.2) is 5.84 Å². The van der Waals surface area contributed by atoms with Crippen LogP contribution in [0.25, 0.3) is 0 Å². The van der Waals surface area contributed by atoms with E-state index in [4.69, 9.17) is 15.3 Å². The third kappa shape index (κ3) is 3.92. The number of carbonyl (C=O) groups excluding carboxylic acids is 1. The van der Waals surface area contributed by atoms with Crippen molar-refractivity contribution in [2.45, 2.75) is 0 Å². The summed E-state index contributed by atoms with van der Waals surface area (Å²) in [6.07, 6.45) is 0. The zero-order valence-electron chi connectivity index (χ0n) is 10.8. The molecular weight excluding hydrogens is 246 g/mol. The average molecular weight is 265 g/mol. The number of ether oxygens (including phenoxy) is 2. The molecule has 1 amide bonds. The first kappa shape index (κ1) is 13.8. The number of rotatable bonds is 5. The maximum atomic E-state index is 11.6. The predicted octanol–water partition coefficient (Wildman–Crippen LogP) is 0.00110. The second-order valence-electron chi connectivity index (χ2n) is 4.27. The summed E-state index contributed by atoms with van der Waals surface area (Å²) in [6, 6.07) is 7.06. The van der Waals surface area contributed by atoms with Crippen LogP contribution in [0.4, 0.5) is 0 Å². The smallest absolute Gasteiger partial charge is 0.268 e. The van der Waals surface area contributed by atoms with Crippen LogP contribution in [0.3, 0.4) is 0 Å². The molecule has 19 heavy (non-hydrogen) atoms. The zero-order valence-corrected chi connectivity index (χ0v) is 10.8. The number of carbonyl (C=O) groups is 1. The van der Waals surface area contributed by atoms with E-state index in [0.717, 1.165) is 32.8 Å². The molecule has 6 heteroatoms. The first-order chi connectivity index (χ1) is 9.31. The number of hydrogen-bond acceptors (Lipinski definition) is 5. The molecule has 0 unspecified atom stereocenters. The lowest BCUT2D eigenvalue weighted by Crippen LogP contribution is -2.38. The molecule has 1 heterocycles. The number of nitrogen functional groups attached to an aromatic ring is 1. The lowest BCUT2D eigenvalue weighted by Gasteiger charge is -2.26. The van der Waals surface area contributed by atoms with Gasteiger partial charge in [0, 0.05) is 19.6 Å². The van der Waals surface area contributed by atoms with Crippen LogP contribution in [0.2, 0.25) is 0 Å². The van der Waals surface area contributed by atoms with Gasteiger partial charge >= 0.3 is 0 Å². The maximum Gasteiger partial charge on any atom is 0.268 e. The van der Waals surface area contributed by atoms with Gasteiger partial charge < -0.3 is 9.47 Å². The fourth-order valence-electron chi connectivity index (χ4n) is 1.97. The second-order valence-corrected chi connectivity index (χ2v) is 4.27. The van der Waals surface area contributed by atoms with Crippen LogP contribution in [0.1, 0.15) is 10.4 Å². The Kier molecular flexibility index (Phi) is 5.14. The summed E-state index contributed by atoms with van der Waals surface area (Å²) in [5.74, 6) is 5.35. The molecule has 0 bridgehead atoms. The summed E-state index contributed by atoms with van der Waals surface area (Å²) >= 11 is 0. The van der Waals surface area contributed by atoms with E-state index in [-0.39, 0.29) is 5.91 Å². The van der Waals surface area contributed by atoms with Crippen molar-refractivity contribution in [3.63, 3.8) is 0 Å². The number of hydrazine groups is 1. The Morgan fingerprint density at radius 3 is 2.84 bits per heavy atom. The van der Waals surface area contributed by atoms with E-state index < -0.39 is 0 Å². The standard InChI is InChI=1S/C13H19N3O3/c14-15-13(17)11-3-1-2-4-12(11)19-10-7-16-5-8-18-9-6-16/h1-4H,5-10,14H2,(H,15,17). The van der Waals surface area contributed by atoms with Gasteiger partial charge in [-0.05, 0) is 12.1 Å². The van der Waals surface area contributed by atoms with E-state index in [9.17, 15) is 4.79 Å². The number of nitrogens with two attached hydrogens (primary N) is 1. The third-order valence-corrected chi connectivity index (χ3v) is 3.03. The molecule has 0 spiro atoms. The summed E-state index contributed by atoms with van der Waals surface area (Å²) in [6.45, 7) is 4.75. The molecule has 1 aliphatic heterocycles. The van der Waals surface area contributed by atoms with Crippen molar-refractivity contribution in [1.29, 1.82) is 0 Å². The van der Waals surface area contributed by atoms with Gasteiger partial charge in [-0.3, -0.25) is 15.1 Å². The SMILES string of the molecule is NNC(=O)c1ccccc1OCCN1CCOCC1. The monoisotopic (exact) mass is 265 g/mol. The highest BCUT2D eigenvalue weighted by Gasteiger charge is 2.12. The number of nitrogens with one attached hydrogen (secondary N) is 1. The van der Waals surface area contributed by atoms with Crippen LogP contribution in [0.5, 0.6) is 5.75 Å². The minimum atomic E-state index is -0.345. The van der Waals surface area contributed by atoms with Crippen LogP contribution in [0.15, 0.2) is 24.3 Å². The number of para-hydroxylation sites is 1. The van der Waals surface area contributed by atoms with E-state index >= 15 is 0 Å². The molecule has 1 saturated heterocycles. The van der Waals surface area contributed by atoms with E-state index in [2.05, 4.69) is 10.3 Å². The van der Waals surface area contributed by atoms with Gasteiger partial charge in [0.1, 0.15) is 12.4 Å².